The number of hydrogen-bond donors (Lipinski definition) is 1. The Labute approximate surface area is 110 Å². The van der Waals surface area contributed by atoms with Crippen molar-refractivity contribution in [1.82, 2.24) is 9.78 Å². The average molecular weight is 269 g/mol. The van der Waals surface area contributed by atoms with E-state index in [4.69, 9.17) is 11.6 Å². The summed E-state index contributed by atoms with van der Waals surface area (Å²) >= 11 is 5.78. The highest BCUT2D eigenvalue weighted by atomic mass is 35.5. The lowest BCUT2D eigenvalue weighted by atomic mass is 10.1. The van der Waals surface area contributed by atoms with Gasteiger partial charge < -0.3 is 5.11 Å². The second-order valence-corrected chi connectivity index (χ2v) is 4.52. The van der Waals surface area contributed by atoms with E-state index in [1.807, 2.05) is 6.92 Å². The Hall–Kier alpha value is -1.39. The number of aromatic nitrogens is 2. The maximum atomic E-state index is 13.3. The zero-order chi connectivity index (χ0) is 13.1. The molecule has 0 spiro atoms. The smallest absolute Gasteiger partial charge is 0.125 e. The molecule has 18 heavy (non-hydrogen) atoms. The van der Waals surface area contributed by atoms with E-state index < -0.39 is 11.9 Å². The molecule has 0 saturated heterocycles. The predicted molar refractivity (Wildman–Crippen MR) is 68.0 cm³/mol. The van der Waals surface area contributed by atoms with Gasteiger partial charge in [0.25, 0.3) is 0 Å². The van der Waals surface area contributed by atoms with Gasteiger partial charge in [0.15, 0.2) is 0 Å². The van der Waals surface area contributed by atoms with Gasteiger partial charge in [-0.05, 0) is 36.2 Å². The number of aliphatic hydroxyl groups is 1. The SMILES string of the molecule is CCCn1nccc1C(O)c1cc(F)cc(Cl)c1. The van der Waals surface area contributed by atoms with Crippen molar-refractivity contribution >= 4 is 11.6 Å². The van der Waals surface area contributed by atoms with Crippen LogP contribution in [0, 0.1) is 5.82 Å². The van der Waals surface area contributed by atoms with E-state index >= 15 is 0 Å². The van der Waals surface area contributed by atoms with Crippen LogP contribution in [0.1, 0.15) is 30.7 Å². The second kappa shape index (κ2) is 5.50. The first-order valence-electron chi connectivity index (χ1n) is 5.77. The number of halogens is 2. The summed E-state index contributed by atoms with van der Waals surface area (Å²) in [6.45, 7) is 2.74. The molecule has 0 bridgehead atoms. The van der Waals surface area contributed by atoms with Crippen LogP contribution >= 0.6 is 11.6 Å². The maximum absolute atomic E-state index is 13.3. The minimum absolute atomic E-state index is 0.269. The first-order valence-corrected chi connectivity index (χ1v) is 6.15. The van der Waals surface area contributed by atoms with Gasteiger partial charge in [0.05, 0.1) is 5.69 Å². The van der Waals surface area contributed by atoms with Crippen molar-refractivity contribution in [3.63, 3.8) is 0 Å². The number of aryl methyl sites for hydroxylation is 1. The molecule has 0 aliphatic heterocycles. The van der Waals surface area contributed by atoms with Crippen molar-refractivity contribution in [2.24, 2.45) is 0 Å². The van der Waals surface area contributed by atoms with E-state index in [-0.39, 0.29) is 5.02 Å². The van der Waals surface area contributed by atoms with Gasteiger partial charge in [-0.1, -0.05) is 18.5 Å². The van der Waals surface area contributed by atoms with Crippen molar-refractivity contribution in [2.75, 3.05) is 0 Å². The molecule has 0 saturated carbocycles. The van der Waals surface area contributed by atoms with Crippen molar-refractivity contribution in [1.29, 1.82) is 0 Å². The Kier molecular flexibility index (Phi) is 3.99. The van der Waals surface area contributed by atoms with Gasteiger partial charge >= 0.3 is 0 Å². The molecular formula is C13H14ClFN2O. The third kappa shape index (κ3) is 2.71. The molecule has 0 fully saturated rings. The zero-order valence-electron chi connectivity index (χ0n) is 9.98. The Morgan fingerprint density at radius 2 is 2.22 bits per heavy atom. The van der Waals surface area contributed by atoms with Crippen LogP contribution < -0.4 is 0 Å². The molecule has 1 unspecified atom stereocenters. The van der Waals surface area contributed by atoms with Gasteiger partial charge in [-0.25, -0.2) is 4.39 Å². The molecule has 2 rings (SSSR count). The first kappa shape index (κ1) is 13.1. The number of benzene rings is 1. The van der Waals surface area contributed by atoms with Crippen molar-refractivity contribution < 1.29 is 9.50 Å². The van der Waals surface area contributed by atoms with Crippen LogP contribution in [0.25, 0.3) is 0 Å². The van der Waals surface area contributed by atoms with Gasteiger partial charge in [0.2, 0.25) is 0 Å². The highest BCUT2D eigenvalue weighted by Crippen LogP contribution is 2.25. The molecule has 0 radical (unpaired) electrons. The van der Waals surface area contributed by atoms with Gasteiger partial charge in [-0.2, -0.15) is 5.10 Å². The Morgan fingerprint density at radius 1 is 1.44 bits per heavy atom. The van der Waals surface area contributed by atoms with Crippen molar-refractivity contribution in [3.8, 4) is 0 Å². The normalized spacial score (nSPS) is 12.7. The van der Waals surface area contributed by atoms with Crippen molar-refractivity contribution in [2.45, 2.75) is 26.0 Å². The average Bonchev–Trinajstić information content (AvgIpc) is 2.75. The molecule has 0 aliphatic rings. The zero-order valence-corrected chi connectivity index (χ0v) is 10.7. The van der Waals surface area contributed by atoms with E-state index in [0.717, 1.165) is 6.42 Å². The summed E-state index contributed by atoms with van der Waals surface area (Å²) in [5, 5.41) is 14.6. The van der Waals surface area contributed by atoms with Crippen LogP contribution in [0.2, 0.25) is 5.02 Å². The van der Waals surface area contributed by atoms with Gasteiger partial charge in [0, 0.05) is 17.8 Å². The standard InChI is InChI=1S/C13H14ClFN2O/c1-2-5-17-12(3-4-16-17)13(18)9-6-10(14)8-11(15)7-9/h3-4,6-8,13,18H,2,5H2,1H3. The largest absolute Gasteiger partial charge is 0.382 e. The summed E-state index contributed by atoms with van der Waals surface area (Å²) in [7, 11) is 0. The summed E-state index contributed by atoms with van der Waals surface area (Å²) in [5.41, 5.74) is 1.07. The van der Waals surface area contributed by atoms with E-state index in [9.17, 15) is 9.50 Å². The first-order chi connectivity index (χ1) is 8.61. The van der Waals surface area contributed by atoms with Gasteiger partial charge in [0.1, 0.15) is 11.9 Å². The fourth-order valence-electron chi connectivity index (χ4n) is 1.88. The number of hydrogen-bond acceptors (Lipinski definition) is 2. The van der Waals surface area contributed by atoms with Crippen LogP contribution in [0.15, 0.2) is 30.5 Å². The van der Waals surface area contributed by atoms with Crippen LogP contribution in [-0.2, 0) is 6.54 Å². The van der Waals surface area contributed by atoms with E-state index in [1.165, 1.54) is 12.1 Å². The van der Waals surface area contributed by atoms with Crippen LogP contribution in [0.4, 0.5) is 4.39 Å². The van der Waals surface area contributed by atoms with E-state index in [0.29, 0.717) is 17.8 Å². The molecule has 1 N–H and O–H groups in total. The molecule has 5 heteroatoms. The Morgan fingerprint density at radius 3 is 2.89 bits per heavy atom. The highest BCUT2D eigenvalue weighted by molar-refractivity contribution is 6.30. The summed E-state index contributed by atoms with van der Waals surface area (Å²) in [5.74, 6) is -0.460. The lowest BCUT2D eigenvalue weighted by Crippen LogP contribution is -2.10. The predicted octanol–water partition coefficient (Wildman–Crippen LogP) is 3.17. The minimum Gasteiger partial charge on any atom is -0.382 e. The fourth-order valence-corrected chi connectivity index (χ4v) is 2.11. The van der Waals surface area contributed by atoms with Crippen LogP contribution in [-0.4, -0.2) is 14.9 Å². The molecule has 3 nitrogen and oxygen atoms in total. The highest BCUT2D eigenvalue weighted by Gasteiger charge is 2.16. The molecule has 1 aromatic heterocycles. The van der Waals surface area contributed by atoms with E-state index in [1.54, 1.807) is 23.0 Å². The van der Waals surface area contributed by atoms with Gasteiger partial charge in [-0.3, -0.25) is 4.68 Å². The summed E-state index contributed by atoms with van der Waals surface area (Å²) in [6, 6.07) is 5.76. The summed E-state index contributed by atoms with van der Waals surface area (Å²) in [6.07, 6.45) is 1.60. The molecular weight excluding hydrogens is 255 g/mol. The molecule has 0 aliphatic carbocycles. The van der Waals surface area contributed by atoms with Crippen LogP contribution in [0.3, 0.4) is 0 Å². The van der Waals surface area contributed by atoms with Crippen molar-refractivity contribution in [3.05, 3.63) is 52.6 Å². The van der Waals surface area contributed by atoms with E-state index in [2.05, 4.69) is 5.10 Å². The van der Waals surface area contributed by atoms with Crippen LogP contribution in [0.5, 0.6) is 0 Å². The number of rotatable bonds is 4. The monoisotopic (exact) mass is 268 g/mol. The molecule has 1 atom stereocenters. The Bertz CT molecular complexity index is 521. The third-order valence-electron chi connectivity index (χ3n) is 2.67. The van der Waals surface area contributed by atoms with Gasteiger partial charge in [-0.15, -0.1) is 0 Å². The lowest BCUT2D eigenvalue weighted by molar-refractivity contribution is 0.207. The topological polar surface area (TPSA) is 38.0 Å². The molecule has 0 amide bonds. The molecule has 96 valence electrons. The number of aliphatic hydroxyl groups excluding tert-OH is 1. The Balaban J connectivity index is 2.34. The maximum Gasteiger partial charge on any atom is 0.125 e. The summed E-state index contributed by atoms with van der Waals surface area (Å²) < 4.78 is 15.0. The number of nitrogens with zero attached hydrogens (tertiary/aromatic N) is 2. The fraction of sp³-hybridized carbons (Fsp3) is 0.308. The molecule has 1 heterocycles. The lowest BCUT2D eigenvalue weighted by Gasteiger charge is -2.13. The summed E-state index contributed by atoms with van der Waals surface area (Å²) in [4.78, 5) is 0. The molecule has 2 aromatic rings. The minimum atomic E-state index is -0.924. The third-order valence-corrected chi connectivity index (χ3v) is 2.88. The molecule has 1 aromatic carbocycles. The second-order valence-electron chi connectivity index (χ2n) is 4.08. The quantitative estimate of drug-likeness (QED) is 0.925.